The number of aromatic nitrogens is 2. The first-order chi connectivity index (χ1) is 12.7. The van der Waals surface area contributed by atoms with Crippen molar-refractivity contribution in [3.63, 3.8) is 0 Å². The van der Waals surface area contributed by atoms with Crippen LogP contribution >= 0.6 is 11.6 Å². The molecule has 1 heterocycles. The molecule has 1 aromatic heterocycles. The molecule has 0 radical (unpaired) electrons. The fraction of sp³-hybridized carbons (Fsp3) is 0.158. The van der Waals surface area contributed by atoms with Crippen LogP contribution in [0.25, 0.3) is 5.69 Å². The van der Waals surface area contributed by atoms with Gasteiger partial charge >= 0.3 is 6.18 Å². The van der Waals surface area contributed by atoms with Gasteiger partial charge in [0.15, 0.2) is 0 Å². The second-order valence-electron chi connectivity index (χ2n) is 6.04. The lowest BCUT2D eigenvalue weighted by Gasteiger charge is -2.13. The topological polar surface area (TPSA) is 46.9 Å². The SMILES string of the molecule is Cc1cn(-c2cc(NC(=O)Cc3ccc(Cl)cc3)cc(C(F)(F)F)c2)cn1. The van der Waals surface area contributed by atoms with E-state index in [1.54, 1.807) is 37.4 Å². The van der Waals surface area contributed by atoms with Crippen LogP contribution in [0.1, 0.15) is 16.8 Å². The van der Waals surface area contributed by atoms with Gasteiger partial charge in [-0.2, -0.15) is 13.2 Å². The zero-order chi connectivity index (χ0) is 19.6. The lowest BCUT2D eigenvalue weighted by molar-refractivity contribution is -0.137. The molecule has 0 saturated carbocycles. The quantitative estimate of drug-likeness (QED) is 0.675. The summed E-state index contributed by atoms with van der Waals surface area (Å²) in [5.41, 5.74) is 0.834. The van der Waals surface area contributed by atoms with E-state index in [1.165, 1.54) is 17.0 Å². The molecule has 0 aliphatic carbocycles. The molecule has 0 unspecified atom stereocenters. The van der Waals surface area contributed by atoms with Gasteiger partial charge in [0, 0.05) is 22.6 Å². The smallest absolute Gasteiger partial charge is 0.326 e. The Labute approximate surface area is 158 Å². The number of carbonyl (C=O) groups excluding carboxylic acids is 1. The summed E-state index contributed by atoms with van der Waals surface area (Å²) in [5, 5.41) is 3.07. The molecule has 0 saturated heterocycles. The zero-order valence-corrected chi connectivity index (χ0v) is 15.0. The molecule has 0 fully saturated rings. The zero-order valence-electron chi connectivity index (χ0n) is 14.2. The summed E-state index contributed by atoms with van der Waals surface area (Å²) in [4.78, 5) is 16.3. The lowest BCUT2D eigenvalue weighted by Crippen LogP contribution is -2.16. The normalized spacial score (nSPS) is 11.4. The Kier molecular flexibility index (Phi) is 5.23. The van der Waals surface area contributed by atoms with Crippen LogP contribution < -0.4 is 5.32 Å². The van der Waals surface area contributed by atoms with E-state index in [2.05, 4.69) is 10.3 Å². The molecule has 0 aliphatic heterocycles. The highest BCUT2D eigenvalue weighted by molar-refractivity contribution is 6.30. The number of aryl methyl sites for hydroxylation is 1. The number of amides is 1. The monoisotopic (exact) mass is 393 g/mol. The van der Waals surface area contributed by atoms with Gasteiger partial charge in [-0.25, -0.2) is 4.98 Å². The number of imidazole rings is 1. The molecule has 2 aromatic carbocycles. The molecule has 0 bridgehead atoms. The molecule has 1 N–H and O–H groups in total. The number of nitrogens with zero attached hydrogens (tertiary/aromatic N) is 2. The first-order valence-electron chi connectivity index (χ1n) is 7.98. The van der Waals surface area contributed by atoms with E-state index in [0.29, 0.717) is 16.3 Å². The van der Waals surface area contributed by atoms with Gasteiger partial charge in [0.2, 0.25) is 5.91 Å². The first kappa shape index (κ1) is 19.0. The van der Waals surface area contributed by atoms with Gasteiger partial charge in [-0.3, -0.25) is 4.79 Å². The predicted molar refractivity (Wildman–Crippen MR) is 97.1 cm³/mol. The van der Waals surface area contributed by atoms with Gasteiger partial charge in [0.25, 0.3) is 0 Å². The van der Waals surface area contributed by atoms with Gasteiger partial charge in [-0.15, -0.1) is 0 Å². The van der Waals surface area contributed by atoms with Crippen molar-refractivity contribution in [2.75, 3.05) is 5.32 Å². The molecular weight excluding hydrogens is 379 g/mol. The Morgan fingerprint density at radius 2 is 1.89 bits per heavy atom. The number of alkyl halides is 3. The molecule has 4 nitrogen and oxygen atoms in total. The first-order valence-corrected chi connectivity index (χ1v) is 8.36. The number of hydrogen-bond acceptors (Lipinski definition) is 2. The number of halogens is 4. The van der Waals surface area contributed by atoms with Gasteiger partial charge < -0.3 is 9.88 Å². The predicted octanol–water partition coefficient (Wildman–Crippen LogP) is 5.03. The van der Waals surface area contributed by atoms with Crippen LogP contribution in [0.4, 0.5) is 18.9 Å². The van der Waals surface area contributed by atoms with Crippen molar-refractivity contribution in [2.45, 2.75) is 19.5 Å². The summed E-state index contributed by atoms with van der Waals surface area (Å²) in [7, 11) is 0. The minimum absolute atomic E-state index is 0.0208. The third kappa shape index (κ3) is 4.89. The summed E-state index contributed by atoms with van der Waals surface area (Å²) in [6, 6.07) is 10.1. The van der Waals surface area contributed by atoms with Crippen molar-refractivity contribution >= 4 is 23.2 Å². The fourth-order valence-corrected chi connectivity index (χ4v) is 2.68. The second kappa shape index (κ2) is 7.44. The van der Waals surface area contributed by atoms with Crippen LogP contribution in [-0.4, -0.2) is 15.5 Å². The minimum atomic E-state index is -4.54. The van der Waals surface area contributed by atoms with Crippen molar-refractivity contribution in [1.29, 1.82) is 0 Å². The number of anilines is 1. The van der Waals surface area contributed by atoms with Crippen molar-refractivity contribution < 1.29 is 18.0 Å². The van der Waals surface area contributed by atoms with Crippen molar-refractivity contribution in [2.24, 2.45) is 0 Å². The Morgan fingerprint density at radius 1 is 1.19 bits per heavy atom. The van der Waals surface area contributed by atoms with E-state index in [0.717, 1.165) is 12.1 Å². The number of carbonyl (C=O) groups is 1. The fourth-order valence-electron chi connectivity index (χ4n) is 2.55. The summed E-state index contributed by atoms with van der Waals surface area (Å²) < 4.78 is 41.2. The van der Waals surface area contributed by atoms with Gasteiger partial charge in [-0.05, 0) is 42.8 Å². The highest BCUT2D eigenvalue weighted by Crippen LogP contribution is 2.33. The molecule has 27 heavy (non-hydrogen) atoms. The third-order valence-electron chi connectivity index (χ3n) is 3.82. The molecular formula is C19H15ClF3N3O. The minimum Gasteiger partial charge on any atom is -0.326 e. The average molecular weight is 394 g/mol. The maximum atomic E-state index is 13.2. The van der Waals surface area contributed by atoms with E-state index in [9.17, 15) is 18.0 Å². The van der Waals surface area contributed by atoms with Crippen LogP contribution in [0.2, 0.25) is 5.02 Å². The van der Waals surface area contributed by atoms with E-state index < -0.39 is 17.6 Å². The largest absolute Gasteiger partial charge is 0.416 e. The Hall–Kier alpha value is -2.80. The number of nitrogens with one attached hydrogen (secondary N) is 1. The van der Waals surface area contributed by atoms with E-state index in [1.807, 2.05) is 0 Å². The van der Waals surface area contributed by atoms with Crippen molar-refractivity contribution in [3.8, 4) is 5.69 Å². The molecule has 3 rings (SSSR count). The van der Waals surface area contributed by atoms with Crippen LogP contribution in [-0.2, 0) is 17.4 Å². The van der Waals surface area contributed by atoms with Crippen molar-refractivity contribution in [1.82, 2.24) is 9.55 Å². The van der Waals surface area contributed by atoms with E-state index in [4.69, 9.17) is 11.6 Å². The second-order valence-corrected chi connectivity index (χ2v) is 6.48. The van der Waals surface area contributed by atoms with Crippen molar-refractivity contribution in [3.05, 3.63) is 76.8 Å². The van der Waals surface area contributed by atoms with Gasteiger partial charge in [0.05, 0.1) is 24.0 Å². The Bertz CT molecular complexity index is 965. The molecule has 3 aromatic rings. The highest BCUT2D eigenvalue weighted by Gasteiger charge is 2.31. The lowest BCUT2D eigenvalue weighted by atomic mass is 10.1. The summed E-state index contributed by atoms with van der Waals surface area (Å²) >= 11 is 5.80. The molecule has 0 atom stereocenters. The molecule has 0 aliphatic rings. The number of rotatable bonds is 4. The summed E-state index contributed by atoms with van der Waals surface area (Å²) in [5.74, 6) is -0.426. The van der Waals surface area contributed by atoms with E-state index >= 15 is 0 Å². The molecule has 8 heteroatoms. The van der Waals surface area contributed by atoms with Crippen LogP contribution in [0, 0.1) is 6.92 Å². The summed E-state index contributed by atoms with van der Waals surface area (Å²) in [6.07, 6.45) is -1.49. The van der Waals surface area contributed by atoms with Crippen LogP contribution in [0.5, 0.6) is 0 Å². The number of benzene rings is 2. The third-order valence-corrected chi connectivity index (χ3v) is 4.07. The van der Waals surface area contributed by atoms with Gasteiger partial charge in [-0.1, -0.05) is 23.7 Å². The number of hydrogen-bond donors (Lipinski definition) is 1. The van der Waals surface area contributed by atoms with Crippen LogP contribution in [0.15, 0.2) is 55.0 Å². The maximum Gasteiger partial charge on any atom is 0.416 e. The molecule has 140 valence electrons. The highest BCUT2D eigenvalue weighted by atomic mass is 35.5. The maximum absolute atomic E-state index is 13.2. The van der Waals surface area contributed by atoms with Crippen LogP contribution in [0.3, 0.4) is 0 Å². The molecule has 1 amide bonds. The Morgan fingerprint density at radius 3 is 2.48 bits per heavy atom. The van der Waals surface area contributed by atoms with Gasteiger partial charge in [0.1, 0.15) is 0 Å². The van der Waals surface area contributed by atoms with E-state index in [-0.39, 0.29) is 17.8 Å². The average Bonchev–Trinajstić information content (AvgIpc) is 3.02. The molecule has 0 spiro atoms. The standard InChI is InChI=1S/C19H15ClF3N3O/c1-12-10-26(11-24-12)17-8-14(19(21,22)23)7-16(9-17)25-18(27)6-13-2-4-15(20)5-3-13/h2-5,7-11H,6H2,1H3,(H,25,27). The summed E-state index contributed by atoms with van der Waals surface area (Å²) in [6.45, 7) is 1.74. The Balaban J connectivity index is 1.87.